The standard InChI is InChI=1S/C20H15Cl2NO3S/c1-2-9-26-14-6-3-5-13(10-14)11-18-19(24)23(20(25)27-18)12-15-16(21)7-4-8-17(15)22/h2-8,10-11H,1,9,12H2/b18-11-. The van der Waals surface area contributed by atoms with Gasteiger partial charge in [0.25, 0.3) is 11.1 Å². The van der Waals surface area contributed by atoms with Gasteiger partial charge in [-0.05, 0) is 47.7 Å². The number of amides is 2. The molecule has 1 aliphatic heterocycles. The highest BCUT2D eigenvalue weighted by Crippen LogP contribution is 2.35. The zero-order valence-electron chi connectivity index (χ0n) is 14.2. The lowest BCUT2D eigenvalue weighted by Crippen LogP contribution is -2.27. The smallest absolute Gasteiger partial charge is 0.293 e. The fourth-order valence-corrected chi connectivity index (χ4v) is 3.83. The van der Waals surface area contributed by atoms with E-state index in [-0.39, 0.29) is 17.7 Å². The molecule has 0 unspecified atom stereocenters. The summed E-state index contributed by atoms with van der Waals surface area (Å²) >= 11 is 13.2. The molecule has 7 heteroatoms. The van der Waals surface area contributed by atoms with Crippen molar-refractivity contribution in [2.24, 2.45) is 0 Å². The highest BCUT2D eigenvalue weighted by molar-refractivity contribution is 8.18. The molecule has 0 atom stereocenters. The Kier molecular flexibility index (Phi) is 6.26. The van der Waals surface area contributed by atoms with Gasteiger partial charge in [0.05, 0.1) is 11.4 Å². The zero-order valence-corrected chi connectivity index (χ0v) is 16.5. The Morgan fingerprint density at radius 1 is 1.11 bits per heavy atom. The maximum absolute atomic E-state index is 12.7. The Bertz CT molecular complexity index is 922. The van der Waals surface area contributed by atoms with Crippen molar-refractivity contribution in [1.29, 1.82) is 0 Å². The number of nitrogens with zero attached hydrogens (tertiary/aromatic N) is 1. The molecule has 0 aromatic heterocycles. The van der Waals surface area contributed by atoms with Gasteiger partial charge in [-0.3, -0.25) is 14.5 Å². The molecule has 2 amide bonds. The lowest BCUT2D eigenvalue weighted by Gasteiger charge is -2.14. The summed E-state index contributed by atoms with van der Waals surface area (Å²) in [5, 5.41) is 0.469. The van der Waals surface area contributed by atoms with E-state index in [4.69, 9.17) is 27.9 Å². The van der Waals surface area contributed by atoms with E-state index < -0.39 is 0 Å². The van der Waals surface area contributed by atoms with Crippen LogP contribution in [0, 0.1) is 0 Å². The highest BCUT2D eigenvalue weighted by Gasteiger charge is 2.35. The van der Waals surface area contributed by atoms with Gasteiger partial charge >= 0.3 is 0 Å². The number of benzene rings is 2. The molecule has 1 aliphatic rings. The van der Waals surface area contributed by atoms with Crippen LogP contribution in [-0.4, -0.2) is 22.7 Å². The Labute approximate surface area is 171 Å². The second kappa shape index (κ2) is 8.65. The van der Waals surface area contributed by atoms with Crippen LogP contribution in [-0.2, 0) is 11.3 Å². The van der Waals surface area contributed by atoms with Gasteiger partial charge in [0.1, 0.15) is 12.4 Å². The van der Waals surface area contributed by atoms with E-state index in [1.54, 1.807) is 36.4 Å². The predicted molar refractivity (Wildman–Crippen MR) is 110 cm³/mol. The number of imide groups is 1. The number of rotatable bonds is 6. The molecule has 4 nitrogen and oxygen atoms in total. The molecule has 1 fully saturated rings. The second-order valence-electron chi connectivity index (χ2n) is 5.64. The molecular weight excluding hydrogens is 405 g/mol. The van der Waals surface area contributed by atoms with Crippen LogP contribution in [0.1, 0.15) is 11.1 Å². The molecule has 3 rings (SSSR count). The summed E-state index contributed by atoms with van der Waals surface area (Å²) in [5.41, 5.74) is 1.31. The third kappa shape index (κ3) is 4.56. The topological polar surface area (TPSA) is 46.6 Å². The summed E-state index contributed by atoms with van der Waals surface area (Å²) in [6.07, 6.45) is 3.32. The monoisotopic (exact) mass is 419 g/mol. The molecule has 138 valence electrons. The van der Waals surface area contributed by atoms with Gasteiger partial charge < -0.3 is 4.74 Å². The maximum Gasteiger partial charge on any atom is 0.293 e. The van der Waals surface area contributed by atoms with Crippen molar-refractivity contribution in [3.63, 3.8) is 0 Å². The fourth-order valence-electron chi connectivity index (χ4n) is 2.48. The van der Waals surface area contributed by atoms with Gasteiger partial charge in [0.15, 0.2) is 0 Å². The largest absolute Gasteiger partial charge is 0.490 e. The molecular formula is C20H15Cl2NO3S. The second-order valence-corrected chi connectivity index (χ2v) is 7.45. The number of hydrogen-bond acceptors (Lipinski definition) is 4. The Morgan fingerprint density at radius 3 is 2.52 bits per heavy atom. The number of ether oxygens (including phenoxy) is 1. The van der Waals surface area contributed by atoms with Gasteiger partial charge in [0.2, 0.25) is 0 Å². The average Bonchev–Trinajstić information content (AvgIpc) is 2.90. The quantitative estimate of drug-likeness (QED) is 0.438. The van der Waals surface area contributed by atoms with Crippen molar-refractivity contribution in [2.45, 2.75) is 6.54 Å². The summed E-state index contributed by atoms with van der Waals surface area (Å²) in [6.45, 7) is 4.03. The third-order valence-corrected chi connectivity index (χ3v) is 5.39. The Morgan fingerprint density at radius 2 is 1.81 bits per heavy atom. The van der Waals surface area contributed by atoms with Crippen LogP contribution < -0.4 is 4.74 Å². The van der Waals surface area contributed by atoms with Crippen molar-refractivity contribution in [3.05, 3.63) is 81.2 Å². The van der Waals surface area contributed by atoms with Crippen molar-refractivity contribution in [3.8, 4) is 5.75 Å². The van der Waals surface area contributed by atoms with Gasteiger partial charge in [-0.1, -0.05) is 54.1 Å². The summed E-state index contributed by atoms with van der Waals surface area (Å²) in [7, 11) is 0. The first-order valence-corrected chi connectivity index (χ1v) is 9.59. The van der Waals surface area contributed by atoms with E-state index in [1.807, 2.05) is 18.2 Å². The third-order valence-electron chi connectivity index (χ3n) is 3.78. The zero-order chi connectivity index (χ0) is 19.4. The van der Waals surface area contributed by atoms with Crippen LogP contribution in [0.15, 0.2) is 60.0 Å². The number of halogens is 2. The van der Waals surface area contributed by atoms with Crippen molar-refractivity contribution in [1.82, 2.24) is 4.90 Å². The van der Waals surface area contributed by atoms with Crippen molar-refractivity contribution in [2.75, 3.05) is 6.61 Å². The SMILES string of the molecule is C=CCOc1cccc(/C=C2\SC(=O)N(Cc3c(Cl)cccc3Cl)C2=O)c1. The van der Waals surface area contributed by atoms with Gasteiger partial charge in [0, 0.05) is 15.6 Å². The average molecular weight is 420 g/mol. The van der Waals surface area contributed by atoms with Gasteiger partial charge in [-0.15, -0.1) is 0 Å². The van der Waals surface area contributed by atoms with Gasteiger partial charge in [-0.2, -0.15) is 0 Å². The van der Waals surface area contributed by atoms with E-state index in [9.17, 15) is 9.59 Å². The molecule has 27 heavy (non-hydrogen) atoms. The Balaban J connectivity index is 1.81. The Hall–Kier alpha value is -2.21. The number of thioether (sulfide) groups is 1. The van der Waals surface area contributed by atoms with Crippen LogP contribution in [0.25, 0.3) is 6.08 Å². The van der Waals surface area contributed by atoms with Gasteiger partial charge in [-0.25, -0.2) is 0 Å². The van der Waals surface area contributed by atoms with E-state index in [2.05, 4.69) is 6.58 Å². The highest BCUT2D eigenvalue weighted by atomic mass is 35.5. The molecule has 0 N–H and O–H groups in total. The minimum absolute atomic E-state index is 0.0308. The van der Waals surface area contributed by atoms with E-state index in [1.165, 1.54) is 0 Å². The summed E-state index contributed by atoms with van der Waals surface area (Å²) in [6, 6.07) is 12.3. The molecule has 0 radical (unpaired) electrons. The number of carbonyl (C=O) groups is 2. The summed E-state index contributed by atoms with van der Waals surface area (Å²) in [5.74, 6) is 0.282. The van der Waals surface area contributed by atoms with E-state index in [0.29, 0.717) is 32.9 Å². The lowest BCUT2D eigenvalue weighted by molar-refractivity contribution is -0.123. The molecule has 2 aromatic carbocycles. The summed E-state index contributed by atoms with van der Waals surface area (Å²) in [4.78, 5) is 26.5. The van der Waals surface area contributed by atoms with E-state index in [0.717, 1.165) is 22.2 Å². The molecule has 0 saturated carbocycles. The van der Waals surface area contributed by atoms with Crippen LogP contribution in [0.3, 0.4) is 0 Å². The first-order valence-electron chi connectivity index (χ1n) is 8.01. The van der Waals surface area contributed by atoms with Crippen LogP contribution >= 0.6 is 35.0 Å². The normalized spacial score (nSPS) is 15.5. The number of carbonyl (C=O) groups excluding carboxylic acids is 2. The predicted octanol–water partition coefficient (Wildman–Crippen LogP) is 5.79. The fraction of sp³-hybridized carbons (Fsp3) is 0.100. The molecule has 0 aliphatic carbocycles. The van der Waals surface area contributed by atoms with Crippen molar-refractivity contribution < 1.29 is 14.3 Å². The van der Waals surface area contributed by atoms with Crippen LogP contribution in [0.2, 0.25) is 10.0 Å². The number of hydrogen-bond donors (Lipinski definition) is 0. The first-order chi connectivity index (χ1) is 13.0. The van der Waals surface area contributed by atoms with Crippen molar-refractivity contribution >= 4 is 52.2 Å². The minimum atomic E-state index is -0.376. The first kappa shape index (κ1) is 19.5. The van der Waals surface area contributed by atoms with Crippen LogP contribution in [0.5, 0.6) is 5.75 Å². The lowest BCUT2D eigenvalue weighted by atomic mass is 10.2. The van der Waals surface area contributed by atoms with Crippen LogP contribution in [0.4, 0.5) is 4.79 Å². The molecule has 1 saturated heterocycles. The maximum atomic E-state index is 12.7. The summed E-state index contributed by atoms with van der Waals surface area (Å²) < 4.78 is 5.49. The molecule has 0 bridgehead atoms. The minimum Gasteiger partial charge on any atom is -0.490 e. The molecule has 0 spiro atoms. The molecule has 1 heterocycles. The molecule has 2 aromatic rings. The van der Waals surface area contributed by atoms with E-state index >= 15 is 0 Å².